The summed E-state index contributed by atoms with van der Waals surface area (Å²) in [5.41, 5.74) is 2.52. The molecule has 0 spiro atoms. The zero-order valence-corrected chi connectivity index (χ0v) is 19.8. The van der Waals surface area contributed by atoms with E-state index in [2.05, 4.69) is 45.9 Å². The number of hydrogen-bond donors (Lipinski definition) is 0. The monoisotopic (exact) mass is 399 g/mol. The van der Waals surface area contributed by atoms with Crippen LogP contribution in [0, 0.1) is 51.2 Å². The molecule has 4 aliphatic rings. The van der Waals surface area contributed by atoms with Crippen LogP contribution in [-0.2, 0) is 0 Å². The summed E-state index contributed by atoms with van der Waals surface area (Å²) in [5, 5.41) is 3.41. The summed E-state index contributed by atoms with van der Waals surface area (Å²) in [6, 6.07) is 0.0438. The van der Waals surface area contributed by atoms with E-state index in [0.29, 0.717) is 10.8 Å². The fourth-order valence-electron chi connectivity index (χ4n) is 8.76. The van der Waals surface area contributed by atoms with Crippen molar-refractivity contribution in [2.45, 2.75) is 111 Å². The molecule has 0 amide bonds. The van der Waals surface area contributed by atoms with Crippen molar-refractivity contribution in [3.8, 4) is 0 Å². The first-order chi connectivity index (χ1) is 13.8. The number of fused-ring (bicyclic) bond motifs is 5. The van der Waals surface area contributed by atoms with E-state index in [9.17, 15) is 4.91 Å². The van der Waals surface area contributed by atoms with Gasteiger partial charge in [0.1, 0.15) is 0 Å². The molecule has 0 heterocycles. The van der Waals surface area contributed by atoms with Crippen LogP contribution in [0.5, 0.6) is 0 Å². The van der Waals surface area contributed by atoms with Gasteiger partial charge >= 0.3 is 0 Å². The molecule has 5 unspecified atom stereocenters. The summed E-state index contributed by atoms with van der Waals surface area (Å²) in [4.78, 5) is 11.1. The van der Waals surface area contributed by atoms with Crippen LogP contribution < -0.4 is 0 Å². The molecule has 0 aromatic rings. The third-order valence-electron chi connectivity index (χ3n) is 10.4. The van der Waals surface area contributed by atoms with Crippen molar-refractivity contribution in [1.29, 1.82) is 0 Å². The lowest BCUT2D eigenvalue weighted by Crippen LogP contribution is -2.50. The fraction of sp³-hybridized carbons (Fsp3) is 0.926. The molecule has 3 saturated carbocycles. The van der Waals surface area contributed by atoms with Crippen LogP contribution in [0.1, 0.15) is 105 Å². The van der Waals surface area contributed by atoms with Crippen LogP contribution in [-0.4, -0.2) is 6.04 Å². The number of nitroso groups, excluding NO2 is 1. The zero-order chi connectivity index (χ0) is 20.8. The van der Waals surface area contributed by atoms with Crippen molar-refractivity contribution < 1.29 is 0 Å². The lowest BCUT2D eigenvalue weighted by molar-refractivity contribution is -0.0508. The number of rotatable bonds is 6. The first kappa shape index (κ1) is 21.6. The molecule has 2 nitrogen and oxygen atoms in total. The maximum atomic E-state index is 11.1. The summed E-state index contributed by atoms with van der Waals surface area (Å²) >= 11 is 0. The predicted molar refractivity (Wildman–Crippen MR) is 123 cm³/mol. The largest absolute Gasteiger partial charge is 0.151 e. The van der Waals surface area contributed by atoms with E-state index in [1.54, 1.807) is 5.57 Å². The molecule has 164 valence electrons. The maximum Gasteiger partial charge on any atom is 0.0957 e. The highest BCUT2D eigenvalue weighted by molar-refractivity contribution is 5.26. The van der Waals surface area contributed by atoms with Gasteiger partial charge in [-0.2, -0.15) is 4.91 Å². The molecule has 4 rings (SSSR count). The van der Waals surface area contributed by atoms with E-state index >= 15 is 0 Å². The molecule has 0 aliphatic heterocycles. The van der Waals surface area contributed by atoms with Crippen LogP contribution in [0.2, 0.25) is 0 Å². The molecule has 29 heavy (non-hydrogen) atoms. The smallest absolute Gasteiger partial charge is 0.0957 e. The van der Waals surface area contributed by atoms with Gasteiger partial charge in [-0.15, -0.1) is 0 Å². The average molecular weight is 400 g/mol. The Bertz CT molecular complexity index is 638. The molecule has 0 bridgehead atoms. The van der Waals surface area contributed by atoms with Crippen molar-refractivity contribution in [1.82, 2.24) is 0 Å². The second kappa shape index (κ2) is 8.12. The Morgan fingerprint density at radius 3 is 2.55 bits per heavy atom. The van der Waals surface area contributed by atoms with Gasteiger partial charge in [0.15, 0.2) is 0 Å². The molecule has 0 radical (unpaired) electrons. The summed E-state index contributed by atoms with van der Waals surface area (Å²) in [7, 11) is 0. The average Bonchev–Trinajstić information content (AvgIpc) is 3.04. The Morgan fingerprint density at radius 2 is 1.83 bits per heavy atom. The van der Waals surface area contributed by atoms with Crippen LogP contribution >= 0.6 is 0 Å². The van der Waals surface area contributed by atoms with Crippen LogP contribution in [0.3, 0.4) is 0 Å². The zero-order valence-electron chi connectivity index (χ0n) is 19.8. The van der Waals surface area contributed by atoms with E-state index < -0.39 is 0 Å². The minimum atomic E-state index is 0.0438. The van der Waals surface area contributed by atoms with E-state index in [4.69, 9.17) is 0 Å². The summed E-state index contributed by atoms with van der Waals surface area (Å²) < 4.78 is 0. The number of nitrogens with zero attached hydrogens (tertiary/aromatic N) is 1. The molecule has 8 atom stereocenters. The van der Waals surface area contributed by atoms with Crippen LogP contribution in [0.4, 0.5) is 0 Å². The van der Waals surface area contributed by atoms with Crippen molar-refractivity contribution >= 4 is 0 Å². The summed E-state index contributed by atoms with van der Waals surface area (Å²) in [6.45, 7) is 12.5. The van der Waals surface area contributed by atoms with Gasteiger partial charge < -0.3 is 0 Å². The SMILES string of the molecule is CC(C)CCCC(C)C1CCC2C3CC=C4C[C@@H](N=O)CC[C@]4(C)C3CC[C@]12C. The Morgan fingerprint density at radius 1 is 1.03 bits per heavy atom. The number of hydrogen-bond acceptors (Lipinski definition) is 2. The van der Waals surface area contributed by atoms with Gasteiger partial charge in [0.2, 0.25) is 0 Å². The lowest BCUT2D eigenvalue weighted by atomic mass is 9.47. The highest BCUT2D eigenvalue weighted by Crippen LogP contribution is 2.67. The minimum absolute atomic E-state index is 0.0438. The fourth-order valence-corrected chi connectivity index (χ4v) is 8.76. The van der Waals surface area contributed by atoms with E-state index in [1.807, 2.05) is 0 Å². The molecule has 0 N–H and O–H groups in total. The summed E-state index contributed by atoms with van der Waals surface area (Å²) in [5.74, 6) is 5.33. The van der Waals surface area contributed by atoms with Gasteiger partial charge in [0.25, 0.3) is 0 Å². The third-order valence-corrected chi connectivity index (χ3v) is 10.4. The quantitative estimate of drug-likeness (QED) is 0.327. The van der Waals surface area contributed by atoms with Crippen molar-refractivity contribution in [3.05, 3.63) is 16.6 Å². The van der Waals surface area contributed by atoms with E-state index in [1.165, 1.54) is 57.8 Å². The molecule has 0 aromatic carbocycles. The number of allylic oxidation sites excluding steroid dienone is 1. The normalized spacial score (nSPS) is 45.2. The topological polar surface area (TPSA) is 29.4 Å². The van der Waals surface area contributed by atoms with Crippen molar-refractivity contribution in [2.24, 2.45) is 51.5 Å². The molecule has 2 heteroatoms. The first-order valence-corrected chi connectivity index (χ1v) is 12.8. The molecule has 4 aliphatic carbocycles. The van der Waals surface area contributed by atoms with Gasteiger partial charge in [-0.1, -0.05) is 70.7 Å². The Hall–Kier alpha value is -0.660. The molecular formula is C27H45NO. The van der Waals surface area contributed by atoms with Gasteiger partial charge in [0, 0.05) is 0 Å². The molecule has 0 aromatic heterocycles. The molecule has 0 saturated heterocycles. The van der Waals surface area contributed by atoms with Crippen LogP contribution in [0.25, 0.3) is 0 Å². The van der Waals surface area contributed by atoms with E-state index in [0.717, 1.165) is 48.3 Å². The third kappa shape index (κ3) is 3.65. The standard InChI is InChI=1S/C27H45NO/c1-18(2)7-6-8-19(3)23-11-12-24-22-10-9-20-17-21(28-29)13-15-26(20,4)25(22)14-16-27(23,24)5/h9,18-19,21-25H,6-8,10-17H2,1-5H3/t19?,21-,22?,23?,24?,25?,26-,27+/m0/s1. The second-order valence-corrected chi connectivity index (χ2v) is 12.3. The Labute approximate surface area is 179 Å². The van der Waals surface area contributed by atoms with Crippen molar-refractivity contribution in [2.75, 3.05) is 0 Å². The minimum Gasteiger partial charge on any atom is -0.151 e. The highest BCUT2D eigenvalue weighted by atomic mass is 16.3. The van der Waals surface area contributed by atoms with Gasteiger partial charge in [-0.3, -0.25) is 0 Å². The van der Waals surface area contributed by atoms with Crippen LogP contribution in [0.15, 0.2) is 16.8 Å². The summed E-state index contributed by atoms with van der Waals surface area (Å²) in [6.07, 6.45) is 17.0. The maximum absolute atomic E-state index is 11.1. The van der Waals surface area contributed by atoms with Gasteiger partial charge in [-0.05, 0) is 97.7 Å². The second-order valence-electron chi connectivity index (χ2n) is 12.3. The van der Waals surface area contributed by atoms with Crippen molar-refractivity contribution in [3.63, 3.8) is 0 Å². The Balaban J connectivity index is 1.49. The molecule has 3 fully saturated rings. The van der Waals surface area contributed by atoms with Gasteiger partial charge in [0.05, 0.1) is 6.04 Å². The highest BCUT2D eigenvalue weighted by Gasteiger charge is 2.59. The van der Waals surface area contributed by atoms with E-state index in [-0.39, 0.29) is 6.04 Å². The first-order valence-electron chi connectivity index (χ1n) is 12.8. The lowest BCUT2D eigenvalue weighted by Gasteiger charge is -2.58. The van der Waals surface area contributed by atoms with Gasteiger partial charge in [-0.25, -0.2) is 0 Å². The molecular weight excluding hydrogens is 354 g/mol. The Kier molecular flexibility index (Phi) is 6.04. The predicted octanol–water partition coefficient (Wildman–Crippen LogP) is 8.16.